The van der Waals surface area contributed by atoms with Crippen molar-refractivity contribution in [2.45, 2.75) is 6.92 Å². The Hall–Kier alpha value is -4.44. The van der Waals surface area contributed by atoms with Crippen LogP contribution in [0.5, 0.6) is 5.75 Å². The average molecular weight is 476 g/mol. The maximum absolute atomic E-state index is 12.8. The molecule has 0 unspecified atom stereocenters. The van der Waals surface area contributed by atoms with E-state index in [1.807, 2.05) is 18.2 Å². The largest absolute Gasteiger partial charge is 0.484 e. The Kier molecular flexibility index (Phi) is 5.56. The number of halogens is 1. The van der Waals surface area contributed by atoms with Gasteiger partial charge in [0, 0.05) is 11.1 Å². The van der Waals surface area contributed by atoms with Crippen LogP contribution in [0.15, 0.2) is 71.7 Å². The summed E-state index contributed by atoms with van der Waals surface area (Å²) >= 11 is 6.11. The maximum Gasteiger partial charge on any atom is 0.263 e. The number of fused-ring (bicyclic) bond motifs is 1. The second kappa shape index (κ2) is 8.83. The molecule has 0 saturated carbocycles. The van der Waals surface area contributed by atoms with E-state index in [9.17, 15) is 9.59 Å². The van der Waals surface area contributed by atoms with E-state index in [1.54, 1.807) is 49.4 Å². The number of ether oxygens (including phenoxy) is 1. The second-order valence-electron chi connectivity index (χ2n) is 7.40. The molecule has 0 atom stereocenters. The van der Waals surface area contributed by atoms with Crippen molar-refractivity contribution >= 4 is 34.4 Å². The first kappa shape index (κ1) is 21.4. The van der Waals surface area contributed by atoms with Crippen molar-refractivity contribution in [3.8, 4) is 17.4 Å². The summed E-state index contributed by atoms with van der Waals surface area (Å²) in [7, 11) is 0. The van der Waals surface area contributed by atoms with E-state index in [1.165, 1.54) is 15.6 Å². The monoisotopic (exact) mass is 475 g/mol. The van der Waals surface area contributed by atoms with Gasteiger partial charge in [0.05, 0.1) is 17.6 Å². The first-order chi connectivity index (χ1) is 16.5. The van der Waals surface area contributed by atoms with Crippen molar-refractivity contribution in [1.82, 2.24) is 29.5 Å². The lowest BCUT2D eigenvalue weighted by Gasteiger charge is -2.10. The van der Waals surface area contributed by atoms with Gasteiger partial charge in [-0.25, -0.2) is 4.68 Å². The molecule has 2 N–H and O–H groups in total. The van der Waals surface area contributed by atoms with Gasteiger partial charge in [0.1, 0.15) is 17.0 Å². The first-order valence-corrected chi connectivity index (χ1v) is 10.6. The standard InChI is InChI=1S/C23H18ClN7O3/c1-14-10-19(26-20(32)13-34-17-8-3-2-4-9-17)31(29-14)23-27-21-18(22(33)28-23)12-25-30(21)16-7-5-6-15(24)11-16/h2-12H,13H2,1H3,(H,26,32)(H,27,28,33). The molecular formula is C23H18ClN7O3. The number of nitrogens with zero attached hydrogens (tertiary/aromatic N) is 5. The number of H-pyrrole nitrogens is 1. The Balaban J connectivity index is 1.48. The molecule has 10 nitrogen and oxygen atoms in total. The quantitative estimate of drug-likeness (QED) is 0.389. The third-order valence-electron chi connectivity index (χ3n) is 4.89. The Bertz CT molecular complexity index is 1560. The molecule has 0 spiro atoms. The summed E-state index contributed by atoms with van der Waals surface area (Å²) < 4.78 is 8.36. The first-order valence-electron chi connectivity index (χ1n) is 10.3. The van der Waals surface area contributed by atoms with Crippen molar-refractivity contribution in [3.63, 3.8) is 0 Å². The zero-order chi connectivity index (χ0) is 23.7. The molecule has 0 bridgehead atoms. The van der Waals surface area contributed by atoms with E-state index in [4.69, 9.17) is 16.3 Å². The van der Waals surface area contributed by atoms with E-state index in [-0.39, 0.29) is 12.6 Å². The molecular weight excluding hydrogens is 458 g/mol. The van der Waals surface area contributed by atoms with Gasteiger partial charge < -0.3 is 10.1 Å². The molecule has 34 heavy (non-hydrogen) atoms. The van der Waals surface area contributed by atoms with Crippen LogP contribution in [0.3, 0.4) is 0 Å². The fraction of sp³-hybridized carbons (Fsp3) is 0.0870. The van der Waals surface area contributed by atoms with Crippen LogP contribution >= 0.6 is 11.6 Å². The zero-order valence-corrected chi connectivity index (χ0v) is 18.7. The van der Waals surface area contributed by atoms with E-state index in [0.717, 1.165) is 0 Å². The fourth-order valence-electron chi connectivity index (χ4n) is 3.40. The number of aryl methyl sites for hydroxylation is 1. The number of aromatic nitrogens is 6. The molecule has 5 aromatic rings. The number of anilines is 1. The van der Waals surface area contributed by atoms with Crippen molar-refractivity contribution in [2.24, 2.45) is 0 Å². The van der Waals surface area contributed by atoms with Gasteiger partial charge in [-0.15, -0.1) is 0 Å². The van der Waals surface area contributed by atoms with Gasteiger partial charge in [-0.3, -0.25) is 14.6 Å². The highest BCUT2D eigenvalue weighted by molar-refractivity contribution is 6.30. The minimum absolute atomic E-state index is 0.119. The van der Waals surface area contributed by atoms with Crippen LogP contribution in [0.25, 0.3) is 22.7 Å². The number of carbonyl (C=O) groups excluding carboxylic acids is 1. The summed E-state index contributed by atoms with van der Waals surface area (Å²) in [6.45, 7) is 1.57. The minimum atomic E-state index is -0.397. The number of amides is 1. The lowest BCUT2D eigenvalue weighted by atomic mass is 10.3. The van der Waals surface area contributed by atoms with Crippen LogP contribution in [-0.2, 0) is 4.79 Å². The molecule has 0 aliphatic heterocycles. The SMILES string of the molecule is Cc1cc(NC(=O)COc2ccccc2)n(-c2nc3c(cnn3-c3cccc(Cl)c3)c(=O)[nH]2)n1. The van der Waals surface area contributed by atoms with Gasteiger partial charge in [-0.1, -0.05) is 35.9 Å². The average Bonchev–Trinajstić information content (AvgIpc) is 3.42. The summed E-state index contributed by atoms with van der Waals surface area (Å²) in [5.74, 6) is 0.634. The number of para-hydroxylation sites is 1. The van der Waals surface area contributed by atoms with Gasteiger partial charge in [-0.2, -0.15) is 19.9 Å². The number of rotatable bonds is 6. The normalized spacial score (nSPS) is 11.0. The fourth-order valence-corrected chi connectivity index (χ4v) is 3.58. The summed E-state index contributed by atoms with van der Waals surface area (Å²) in [5.41, 5.74) is 1.19. The molecule has 0 saturated heterocycles. The zero-order valence-electron chi connectivity index (χ0n) is 17.9. The maximum atomic E-state index is 12.8. The molecule has 0 aliphatic rings. The van der Waals surface area contributed by atoms with Gasteiger partial charge in [-0.05, 0) is 37.3 Å². The lowest BCUT2D eigenvalue weighted by molar-refractivity contribution is -0.118. The summed E-state index contributed by atoms with van der Waals surface area (Å²) in [6.07, 6.45) is 1.43. The predicted octanol–water partition coefficient (Wildman–Crippen LogP) is 3.27. The smallest absolute Gasteiger partial charge is 0.263 e. The highest BCUT2D eigenvalue weighted by Gasteiger charge is 2.17. The highest BCUT2D eigenvalue weighted by Crippen LogP contribution is 2.20. The van der Waals surface area contributed by atoms with E-state index >= 15 is 0 Å². The van der Waals surface area contributed by atoms with Crippen LogP contribution in [-0.4, -0.2) is 42.0 Å². The van der Waals surface area contributed by atoms with Gasteiger partial charge in [0.2, 0.25) is 5.95 Å². The molecule has 11 heteroatoms. The number of benzene rings is 2. The Morgan fingerprint density at radius 1 is 1.12 bits per heavy atom. The van der Waals surface area contributed by atoms with E-state index in [2.05, 4.69) is 25.5 Å². The summed E-state index contributed by atoms with van der Waals surface area (Å²) in [5, 5.41) is 12.2. The van der Waals surface area contributed by atoms with Gasteiger partial charge in [0.25, 0.3) is 11.5 Å². The summed E-state index contributed by atoms with van der Waals surface area (Å²) in [4.78, 5) is 32.5. The number of hydrogen-bond acceptors (Lipinski definition) is 6. The van der Waals surface area contributed by atoms with Crippen molar-refractivity contribution in [3.05, 3.63) is 87.9 Å². The molecule has 1 amide bonds. The molecule has 3 aromatic heterocycles. The topological polar surface area (TPSA) is 120 Å². The Labute approximate surface area is 197 Å². The van der Waals surface area contributed by atoms with Crippen LogP contribution in [0.2, 0.25) is 5.02 Å². The van der Waals surface area contributed by atoms with Gasteiger partial charge >= 0.3 is 0 Å². The van der Waals surface area contributed by atoms with Crippen LogP contribution in [0.4, 0.5) is 5.82 Å². The van der Waals surface area contributed by atoms with E-state index < -0.39 is 11.5 Å². The third-order valence-corrected chi connectivity index (χ3v) is 5.13. The van der Waals surface area contributed by atoms with Crippen LogP contribution in [0, 0.1) is 6.92 Å². The Morgan fingerprint density at radius 2 is 1.94 bits per heavy atom. The number of nitrogens with one attached hydrogen (secondary N) is 2. The number of carbonyl (C=O) groups is 1. The molecule has 0 aliphatic carbocycles. The molecule has 2 aromatic carbocycles. The van der Waals surface area contributed by atoms with Gasteiger partial charge in [0.15, 0.2) is 12.3 Å². The third kappa shape index (κ3) is 4.26. The van der Waals surface area contributed by atoms with Crippen molar-refractivity contribution in [1.29, 1.82) is 0 Å². The van der Waals surface area contributed by atoms with Crippen molar-refractivity contribution < 1.29 is 9.53 Å². The lowest BCUT2D eigenvalue weighted by Crippen LogP contribution is -2.23. The van der Waals surface area contributed by atoms with Crippen LogP contribution in [0.1, 0.15) is 5.69 Å². The number of hydrogen-bond donors (Lipinski definition) is 2. The summed E-state index contributed by atoms with van der Waals surface area (Å²) in [6, 6.07) is 17.7. The Morgan fingerprint density at radius 3 is 2.74 bits per heavy atom. The minimum Gasteiger partial charge on any atom is -0.484 e. The molecule has 0 radical (unpaired) electrons. The van der Waals surface area contributed by atoms with Crippen LogP contribution < -0.4 is 15.6 Å². The molecule has 0 fully saturated rings. The van der Waals surface area contributed by atoms with E-state index in [0.29, 0.717) is 39.0 Å². The molecule has 5 rings (SSSR count). The predicted molar refractivity (Wildman–Crippen MR) is 127 cm³/mol. The molecule has 3 heterocycles. The molecule has 170 valence electrons. The van der Waals surface area contributed by atoms with Crippen molar-refractivity contribution in [2.75, 3.05) is 11.9 Å². The highest BCUT2D eigenvalue weighted by atomic mass is 35.5. The second-order valence-corrected chi connectivity index (χ2v) is 7.83. The number of aromatic amines is 1.